The maximum Gasteiger partial charge on any atom is 0.138 e. The number of carbonyl (C=O) groups is 1. The Morgan fingerprint density at radius 1 is 0.907 bits per heavy atom. The van der Waals surface area contributed by atoms with Crippen molar-refractivity contribution in [3.63, 3.8) is 0 Å². The maximum absolute atomic E-state index is 14.0. The Balaban J connectivity index is 1.21. The number of rotatable bonds is 5. The number of allylic oxidation sites excluding steroid dienone is 4. The zero-order chi connectivity index (χ0) is 30.8. The van der Waals surface area contributed by atoms with Crippen LogP contribution in [0.4, 0.5) is 4.39 Å². The number of epoxide rings is 1. The zero-order valence-corrected chi connectivity index (χ0v) is 28.8. The SMILES string of the molecule is CC(=O)[C@@]1(CF)CC=C(C2=CC[C@]3(C)[C@H]4CC[C@@H]5[C@H]6[C@H](C(C)C)CC[C@]6(C6CO6)CC[C@@]5(C)[C@]4(C)CC[C@H]3C2(C)C)CC1. The van der Waals surface area contributed by atoms with Crippen LogP contribution in [-0.4, -0.2) is 25.2 Å². The van der Waals surface area contributed by atoms with E-state index in [2.05, 4.69) is 60.6 Å². The van der Waals surface area contributed by atoms with Gasteiger partial charge in [0.25, 0.3) is 0 Å². The Kier molecular flexibility index (Phi) is 6.98. The van der Waals surface area contributed by atoms with Crippen LogP contribution in [0.25, 0.3) is 0 Å². The highest BCUT2D eigenvalue weighted by Crippen LogP contribution is 2.78. The smallest absolute Gasteiger partial charge is 0.138 e. The van der Waals surface area contributed by atoms with E-state index >= 15 is 0 Å². The quantitative estimate of drug-likeness (QED) is 0.297. The summed E-state index contributed by atoms with van der Waals surface area (Å²) in [7, 11) is 0. The van der Waals surface area contributed by atoms with Crippen LogP contribution in [0.15, 0.2) is 23.3 Å². The summed E-state index contributed by atoms with van der Waals surface area (Å²) in [6, 6.07) is 0. The molecule has 7 rings (SSSR count). The predicted octanol–water partition coefficient (Wildman–Crippen LogP) is 10.3. The van der Waals surface area contributed by atoms with Crippen molar-refractivity contribution in [3.05, 3.63) is 23.3 Å². The van der Waals surface area contributed by atoms with E-state index < -0.39 is 12.1 Å². The minimum Gasteiger partial charge on any atom is -0.373 e. The lowest BCUT2D eigenvalue weighted by atomic mass is 9.32. The lowest BCUT2D eigenvalue weighted by Crippen LogP contribution is -2.66. The Morgan fingerprint density at radius 3 is 2.26 bits per heavy atom. The van der Waals surface area contributed by atoms with Crippen molar-refractivity contribution in [2.75, 3.05) is 13.3 Å². The average Bonchev–Trinajstić information content (AvgIpc) is 3.74. The normalized spacial score (nSPS) is 51.9. The van der Waals surface area contributed by atoms with Gasteiger partial charge >= 0.3 is 0 Å². The van der Waals surface area contributed by atoms with Gasteiger partial charge in [-0.25, -0.2) is 4.39 Å². The van der Waals surface area contributed by atoms with Crippen LogP contribution < -0.4 is 0 Å². The van der Waals surface area contributed by atoms with Gasteiger partial charge in [-0.2, -0.15) is 0 Å². The Bertz CT molecular complexity index is 1220. The monoisotopic (exact) mass is 592 g/mol. The lowest BCUT2D eigenvalue weighted by Gasteiger charge is -2.72. The topological polar surface area (TPSA) is 29.6 Å². The number of fused-ring (bicyclic) bond motifs is 7. The van der Waals surface area contributed by atoms with Crippen LogP contribution in [0.1, 0.15) is 132 Å². The van der Waals surface area contributed by atoms with Crippen molar-refractivity contribution in [3.8, 4) is 0 Å². The second-order valence-corrected chi connectivity index (χ2v) is 18.6. The van der Waals surface area contributed by atoms with Crippen molar-refractivity contribution in [1.82, 2.24) is 0 Å². The van der Waals surface area contributed by atoms with Crippen molar-refractivity contribution in [1.29, 1.82) is 0 Å². The van der Waals surface area contributed by atoms with Gasteiger partial charge in [0.05, 0.1) is 18.1 Å². The summed E-state index contributed by atoms with van der Waals surface area (Å²) in [5, 5.41) is 0. The molecular weight excluding hydrogens is 531 g/mol. The number of hydrogen-bond donors (Lipinski definition) is 0. The molecule has 11 atom stereocenters. The van der Waals surface area contributed by atoms with Crippen LogP contribution in [0.5, 0.6) is 0 Å². The number of ketones is 1. The molecule has 4 saturated carbocycles. The van der Waals surface area contributed by atoms with E-state index in [9.17, 15) is 9.18 Å². The second kappa shape index (κ2) is 9.78. The minimum absolute atomic E-state index is 0.0207. The number of carbonyl (C=O) groups excluding carboxylic acids is 1. The Morgan fingerprint density at radius 2 is 1.65 bits per heavy atom. The standard InChI is InChI=1S/C40H61FO2/c1-25(2)28-13-20-40(33-23-43-33)22-21-37(7)30(34(28)40)9-10-32-36(6)16-14-29(35(4,5)31(36)15-17-38(32,37)8)27-11-18-39(24-41,19-12-27)26(3)42/h11,14,25,28,30-34H,9-10,12-13,15-24H2,1-8H3/t28-,30+,31-,32+,33?,34+,36-,37+,38+,39-,40+/m0/s1. The molecule has 1 aliphatic heterocycles. The molecule has 5 fully saturated rings. The number of halogens is 1. The highest BCUT2D eigenvalue weighted by Gasteiger charge is 2.72. The first kappa shape index (κ1) is 30.7. The van der Waals surface area contributed by atoms with Gasteiger partial charge < -0.3 is 4.74 Å². The Labute approximate surface area is 262 Å². The molecule has 6 aliphatic carbocycles. The molecule has 0 aromatic heterocycles. The molecule has 2 nitrogen and oxygen atoms in total. The molecule has 1 unspecified atom stereocenters. The van der Waals surface area contributed by atoms with E-state index in [0.717, 1.165) is 42.6 Å². The molecule has 0 radical (unpaired) electrons. The average molecular weight is 593 g/mol. The van der Waals surface area contributed by atoms with Gasteiger partial charge in [0.2, 0.25) is 0 Å². The molecule has 1 saturated heterocycles. The fourth-order valence-electron chi connectivity index (χ4n) is 14.2. The van der Waals surface area contributed by atoms with Gasteiger partial charge in [0.15, 0.2) is 0 Å². The summed E-state index contributed by atoms with van der Waals surface area (Å²) < 4.78 is 20.2. The number of alkyl halides is 1. The molecule has 0 amide bonds. The van der Waals surface area contributed by atoms with Crippen LogP contribution in [0.2, 0.25) is 0 Å². The summed E-state index contributed by atoms with van der Waals surface area (Å²) in [5.41, 5.74) is 3.82. The van der Waals surface area contributed by atoms with E-state index in [1.165, 1.54) is 68.9 Å². The van der Waals surface area contributed by atoms with E-state index in [4.69, 9.17) is 4.74 Å². The van der Waals surface area contributed by atoms with Gasteiger partial charge in [-0.1, -0.05) is 60.6 Å². The van der Waals surface area contributed by atoms with Gasteiger partial charge in [-0.15, -0.1) is 0 Å². The van der Waals surface area contributed by atoms with Gasteiger partial charge in [-0.05, 0) is 152 Å². The highest BCUT2D eigenvalue weighted by molar-refractivity contribution is 5.83. The summed E-state index contributed by atoms with van der Waals surface area (Å²) in [6.07, 6.45) is 19.8. The summed E-state index contributed by atoms with van der Waals surface area (Å²) >= 11 is 0. The first-order valence-electron chi connectivity index (χ1n) is 18.3. The number of hydrogen-bond acceptors (Lipinski definition) is 2. The molecule has 1 heterocycles. The van der Waals surface area contributed by atoms with Crippen LogP contribution in [0.3, 0.4) is 0 Å². The summed E-state index contributed by atoms with van der Waals surface area (Å²) in [6.45, 7) is 20.4. The van der Waals surface area contributed by atoms with Crippen molar-refractivity contribution in [2.24, 2.45) is 68.0 Å². The molecule has 0 spiro atoms. The molecule has 3 heteroatoms. The first-order chi connectivity index (χ1) is 20.2. The van der Waals surface area contributed by atoms with Crippen LogP contribution in [0, 0.1) is 68.0 Å². The van der Waals surface area contributed by atoms with E-state index in [0.29, 0.717) is 46.5 Å². The Hall–Kier alpha value is -0.960. The number of ether oxygens (including phenoxy) is 1. The van der Waals surface area contributed by atoms with Gasteiger partial charge in [0.1, 0.15) is 12.5 Å². The molecular formula is C40H61FO2. The van der Waals surface area contributed by atoms with Crippen LogP contribution in [-0.2, 0) is 9.53 Å². The first-order valence-corrected chi connectivity index (χ1v) is 18.3. The fraction of sp³-hybridized carbons (Fsp3) is 0.875. The van der Waals surface area contributed by atoms with Crippen molar-refractivity contribution < 1.29 is 13.9 Å². The van der Waals surface area contributed by atoms with Crippen molar-refractivity contribution in [2.45, 2.75) is 139 Å². The molecule has 0 aromatic carbocycles. The maximum atomic E-state index is 14.0. The largest absolute Gasteiger partial charge is 0.373 e. The fourth-order valence-corrected chi connectivity index (χ4v) is 14.2. The summed E-state index contributed by atoms with van der Waals surface area (Å²) in [5.74, 6) is 4.77. The van der Waals surface area contributed by atoms with E-state index in [1.54, 1.807) is 6.92 Å². The van der Waals surface area contributed by atoms with Gasteiger partial charge in [0, 0.05) is 5.41 Å². The zero-order valence-electron chi connectivity index (χ0n) is 28.8. The molecule has 0 aromatic rings. The van der Waals surface area contributed by atoms with Crippen molar-refractivity contribution >= 4 is 5.78 Å². The molecule has 0 bridgehead atoms. The second-order valence-electron chi connectivity index (χ2n) is 18.6. The lowest BCUT2D eigenvalue weighted by molar-refractivity contribution is -0.230. The third kappa shape index (κ3) is 3.94. The van der Waals surface area contributed by atoms with E-state index in [1.807, 2.05) is 0 Å². The molecule has 7 aliphatic rings. The third-order valence-electron chi connectivity index (χ3n) is 16.9. The van der Waals surface area contributed by atoms with Crippen LogP contribution >= 0.6 is 0 Å². The minimum atomic E-state index is -0.783. The van der Waals surface area contributed by atoms with E-state index in [-0.39, 0.29) is 11.2 Å². The molecule has 0 N–H and O–H groups in total. The van der Waals surface area contributed by atoms with Gasteiger partial charge in [-0.3, -0.25) is 4.79 Å². The number of Topliss-reactive ketones (excluding diaryl/α,β-unsaturated/α-hetero) is 1. The molecule has 240 valence electrons. The molecule has 43 heavy (non-hydrogen) atoms. The highest BCUT2D eigenvalue weighted by atomic mass is 19.1. The third-order valence-corrected chi connectivity index (χ3v) is 16.9. The summed E-state index contributed by atoms with van der Waals surface area (Å²) in [4.78, 5) is 12.4. The predicted molar refractivity (Wildman–Crippen MR) is 173 cm³/mol.